The normalized spacial score (nSPS) is 24.2. The van der Waals surface area contributed by atoms with E-state index >= 15 is 0 Å². The fourth-order valence-electron chi connectivity index (χ4n) is 1.86. The first-order chi connectivity index (χ1) is 7.27. The van der Waals surface area contributed by atoms with Crippen LogP contribution in [0.1, 0.15) is 27.2 Å². The summed E-state index contributed by atoms with van der Waals surface area (Å²) in [4.78, 5) is 0. The predicted molar refractivity (Wildman–Crippen MR) is 65.4 cm³/mol. The Morgan fingerprint density at radius 3 is 2.50 bits per heavy atom. The van der Waals surface area contributed by atoms with Gasteiger partial charge in [0.25, 0.3) is 10.2 Å². The van der Waals surface area contributed by atoms with Crippen LogP contribution in [0.4, 0.5) is 0 Å². The molecular formula is C10H23N3O2S. The van der Waals surface area contributed by atoms with E-state index in [0.29, 0.717) is 19.6 Å². The molecule has 6 heteroatoms. The monoisotopic (exact) mass is 249 g/mol. The minimum atomic E-state index is -3.25. The van der Waals surface area contributed by atoms with Gasteiger partial charge in [-0.2, -0.15) is 12.7 Å². The van der Waals surface area contributed by atoms with Gasteiger partial charge in [-0.25, -0.2) is 4.72 Å². The number of nitrogens with zero attached hydrogens (tertiary/aromatic N) is 1. The molecule has 0 saturated carbocycles. The molecule has 0 radical (unpaired) electrons. The molecule has 1 fully saturated rings. The van der Waals surface area contributed by atoms with Crippen molar-refractivity contribution >= 4 is 10.2 Å². The van der Waals surface area contributed by atoms with Crippen LogP contribution in [0.5, 0.6) is 0 Å². The first-order valence-electron chi connectivity index (χ1n) is 5.69. The van der Waals surface area contributed by atoms with Crippen LogP contribution in [-0.4, -0.2) is 45.4 Å². The maximum atomic E-state index is 11.7. The zero-order valence-electron chi connectivity index (χ0n) is 10.6. The van der Waals surface area contributed by atoms with Crippen molar-refractivity contribution < 1.29 is 8.42 Å². The molecule has 0 aromatic rings. The number of rotatable bonds is 3. The van der Waals surface area contributed by atoms with Crippen LogP contribution in [-0.2, 0) is 10.2 Å². The molecule has 5 nitrogen and oxygen atoms in total. The summed E-state index contributed by atoms with van der Waals surface area (Å²) in [6.07, 6.45) is 0.875. The van der Waals surface area contributed by atoms with Crippen molar-refractivity contribution in [1.29, 1.82) is 0 Å². The van der Waals surface area contributed by atoms with E-state index in [9.17, 15) is 8.42 Å². The molecule has 1 saturated heterocycles. The zero-order chi connectivity index (χ0) is 12.4. The lowest BCUT2D eigenvalue weighted by Gasteiger charge is -2.36. The van der Waals surface area contributed by atoms with Crippen molar-refractivity contribution in [3.8, 4) is 0 Å². The van der Waals surface area contributed by atoms with Crippen molar-refractivity contribution in [2.75, 3.05) is 26.7 Å². The highest BCUT2D eigenvalue weighted by atomic mass is 32.2. The van der Waals surface area contributed by atoms with Gasteiger partial charge < -0.3 is 5.32 Å². The SMILES string of the molecule is CN[C@H](CN1CCCNS1(=O)=O)C(C)(C)C. The van der Waals surface area contributed by atoms with E-state index in [1.54, 1.807) is 0 Å². The molecule has 1 atom stereocenters. The van der Waals surface area contributed by atoms with Gasteiger partial charge in [-0.15, -0.1) is 0 Å². The molecule has 0 amide bonds. The number of hydrogen-bond acceptors (Lipinski definition) is 3. The predicted octanol–water partition coefficient (Wildman–Crippen LogP) is 0.161. The summed E-state index contributed by atoms with van der Waals surface area (Å²) in [5, 5.41) is 3.19. The third-order valence-corrected chi connectivity index (χ3v) is 4.57. The number of likely N-dealkylation sites (N-methyl/N-ethyl adjacent to an activating group) is 1. The topological polar surface area (TPSA) is 61.4 Å². The van der Waals surface area contributed by atoms with E-state index in [1.807, 2.05) is 7.05 Å². The summed E-state index contributed by atoms with van der Waals surface area (Å²) < 4.78 is 27.6. The molecule has 0 bridgehead atoms. The van der Waals surface area contributed by atoms with Crippen LogP contribution >= 0.6 is 0 Å². The third kappa shape index (κ3) is 3.41. The Bertz CT molecular complexity index is 321. The molecule has 0 spiro atoms. The van der Waals surface area contributed by atoms with Gasteiger partial charge in [0.1, 0.15) is 0 Å². The minimum absolute atomic E-state index is 0.0434. The molecule has 0 aliphatic carbocycles. The van der Waals surface area contributed by atoms with E-state index < -0.39 is 10.2 Å². The summed E-state index contributed by atoms with van der Waals surface area (Å²) in [6.45, 7) is 8.02. The average molecular weight is 249 g/mol. The fraction of sp³-hybridized carbons (Fsp3) is 1.00. The highest BCUT2D eigenvalue weighted by Gasteiger charge is 2.31. The van der Waals surface area contributed by atoms with Gasteiger partial charge in [-0.3, -0.25) is 0 Å². The number of nitrogens with one attached hydrogen (secondary N) is 2. The summed E-state index contributed by atoms with van der Waals surface area (Å²) >= 11 is 0. The standard InChI is InChI=1S/C10H23N3O2S/c1-10(2,3)9(11-4)8-13-7-5-6-12-16(13,14)15/h9,11-12H,5-8H2,1-4H3/t9-/m1/s1. The number of hydrogen-bond donors (Lipinski definition) is 2. The molecule has 0 unspecified atom stereocenters. The Balaban J connectivity index is 2.71. The molecule has 16 heavy (non-hydrogen) atoms. The fourth-order valence-corrected chi connectivity index (χ4v) is 3.16. The molecule has 2 N–H and O–H groups in total. The maximum absolute atomic E-state index is 11.7. The van der Waals surface area contributed by atoms with Gasteiger partial charge in [0.15, 0.2) is 0 Å². The Kier molecular flexibility index (Phi) is 4.34. The van der Waals surface area contributed by atoms with Crippen LogP contribution in [0, 0.1) is 5.41 Å². The van der Waals surface area contributed by atoms with Gasteiger partial charge in [0, 0.05) is 25.7 Å². The largest absolute Gasteiger partial charge is 0.315 e. The van der Waals surface area contributed by atoms with Crippen LogP contribution in [0.3, 0.4) is 0 Å². The van der Waals surface area contributed by atoms with Gasteiger partial charge >= 0.3 is 0 Å². The quantitative estimate of drug-likeness (QED) is 0.749. The van der Waals surface area contributed by atoms with Crippen molar-refractivity contribution in [2.24, 2.45) is 5.41 Å². The summed E-state index contributed by atoms with van der Waals surface area (Å²) in [5.41, 5.74) is 0.0434. The lowest BCUT2D eigenvalue weighted by molar-refractivity contribution is 0.228. The smallest absolute Gasteiger partial charge is 0.279 e. The van der Waals surface area contributed by atoms with E-state index in [-0.39, 0.29) is 11.5 Å². The van der Waals surface area contributed by atoms with Crippen molar-refractivity contribution in [2.45, 2.75) is 33.2 Å². The van der Waals surface area contributed by atoms with Gasteiger partial charge in [0.05, 0.1) is 0 Å². The highest BCUT2D eigenvalue weighted by Crippen LogP contribution is 2.21. The molecule has 96 valence electrons. The van der Waals surface area contributed by atoms with E-state index in [2.05, 4.69) is 30.8 Å². The Labute approximate surface area is 98.8 Å². The van der Waals surface area contributed by atoms with Gasteiger partial charge in [0.2, 0.25) is 0 Å². The zero-order valence-corrected chi connectivity index (χ0v) is 11.4. The minimum Gasteiger partial charge on any atom is -0.315 e. The molecule has 0 aromatic carbocycles. The molecule has 1 heterocycles. The van der Waals surface area contributed by atoms with E-state index in [4.69, 9.17) is 0 Å². The average Bonchev–Trinajstić information content (AvgIpc) is 2.13. The molecule has 0 aromatic heterocycles. The summed E-state index contributed by atoms with van der Waals surface area (Å²) in [6, 6.07) is 0.155. The van der Waals surface area contributed by atoms with Gasteiger partial charge in [-0.1, -0.05) is 20.8 Å². The Hall–Kier alpha value is -0.170. The van der Waals surface area contributed by atoms with E-state index in [1.165, 1.54) is 4.31 Å². The van der Waals surface area contributed by atoms with Crippen molar-refractivity contribution in [3.63, 3.8) is 0 Å². The van der Waals surface area contributed by atoms with Crippen molar-refractivity contribution in [1.82, 2.24) is 14.3 Å². The third-order valence-electron chi connectivity index (χ3n) is 2.99. The summed E-state index contributed by atoms with van der Waals surface area (Å²) in [7, 11) is -1.37. The molecular weight excluding hydrogens is 226 g/mol. The van der Waals surface area contributed by atoms with E-state index in [0.717, 1.165) is 6.42 Å². The van der Waals surface area contributed by atoms with Crippen LogP contribution in [0.15, 0.2) is 0 Å². The molecule has 1 rings (SSSR count). The summed E-state index contributed by atoms with van der Waals surface area (Å²) in [5.74, 6) is 0. The molecule has 1 aliphatic rings. The second-order valence-corrected chi connectivity index (χ2v) is 7.07. The Morgan fingerprint density at radius 1 is 1.44 bits per heavy atom. The highest BCUT2D eigenvalue weighted by molar-refractivity contribution is 7.87. The van der Waals surface area contributed by atoms with Crippen LogP contribution in [0.25, 0.3) is 0 Å². The lowest BCUT2D eigenvalue weighted by Crippen LogP contribution is -2.54. The first-order valence-corrected chi connectivity index (χ1v) is 7.13. The molecule has 1 aliphatic heterocycles. The van der Waals surface area contributed by atoms with Gasteiger partial charge in [-0.05, 0) is 18.9 Å². The first kappa shape index (κ1) is 13.9. The van der Waals surface area contributed by atoms with Crippen molar-refractivity contribution in [3.05, 3.63) is 0 Å². The maximum Gasteiger partial charge on any atom is 0.279 e. The van der Waals surface area contributed by atoms with Crippen LogP contribution < -0.4 is 10.0 Å². The lowest BCUT2D eigenvalue weighted by atomic mass is 9.87. The Morgan fingerprint density at radius 2 is 2.06 bits per heavy atom. The second kappa shape index (κ2) is 5.00. The van der Waals surface area contributed by atoms with Crippen LogP contribution in [0.2, 0.25) is 0 Å². The second-order valence-electron chi connectivity index (χ2n) is 5.32.